The molecule has 1 unspecified atom stereocenters. The molecule has 130 valence electrons. The van der Waals surface area contributed by atoms with E-state index in [1.807, 2.05) is 20.8 Å². The SMILES string of the molecule is CC(C)(C)c1cc(C(=O)NCC(C)(O)c2ccc(F)cc2F)n[nH]1. The van der Waals surface area contributed by atoms with Crippen LogP contribution in [0, 0.1) is 11.6 Å². The molecule has 5 nitrogen and oxygen atoms in total. The molecule has 3 N–H and O–H groups in total. The fourth-order valence-corrected chi connectivity index (χ4v) is 2.19. The number of aliphatic hydroxyl groups is 1. The van der Waals surface area contributed by atoms with Gasteiger partial charge < -0.3 is 10.4 Å². The lowest BCUT2D eigenvalue weighted by Gasteiger charge is -2.24. The molecule has 1 amide bonds. The fourth-order valence-electron chi connectivity index (χ4n) is 2.19. The maximum atomic E-state index is 13.8. The van der Waals surface area contributed by atoms with E-state index in [-0.39, 0.29) is 23.2 Å². The minimum Gasteiger partial charge on any atom is -0.383 e. The molecule has 0 aliphatic carbocycles. The summed E-state index contributed by atoms with van der Waals surface area (Å²) < 4.78 is 26.8. The molecule has 1 heterocycles. The van der Waals surface area contributed by atoms with Gasteiger partial charge in [0.2, 0.25) is 0 Å². The predicted octanol–water partition coefficient (Wildman–Crippen LogP) is 2.62. The number of halogens is 2. The van der Waals surface area contributed by atoms with Gasteiger partial charge in [0.25, 0.3) is 5.91 Å². The van der Waals surface area contributed by atoms with Crippen molar-refractivity contribution in [1.82, 2.24) is 15.5 Å². The van der Waals surface area contributed by atoms with Crippen LogP contribution in [0.2, 0.25) is 0 Å². The molecule has 2 aromatic rings. The van der Waals surface area contributed by atoms with Crippen molar-refractivity contribution in [3.05, 3.63) is 52.9 Å². The zero-order valence-electron chi connectivity index (χ0n) is 14.1. The maximum Gasteiger partial charge on any atom is 0.271 e. The van der Waals surface area contributed by atoms with Crippen LogP contribution >= 0.6 is 0 Å². The maximum absolute atomic E-state index is 13.8. The van der Waals surface area contributed by atoms with Crippen molar-refractivity contribution in [2.45, 2.75) is 38.7 Å². The lowest BCUT2D eigenvalue weighted by molar-refractivity contribution is 0.0493. The van der Waals surface area contributed by atoms with E-state index in [0.717, 1.165) is 17.8 Å². The van der Waals surface area contributed by atoms with Gasteiger partial charge in [0.15, 0.2) is 0 Å². The molecular formula is C17H21F2N3O2. The second kappa shape index (κ2) is 6.32. The second-order valence-corrected chi connectivity index (χ2v) is 7.00. The third-order valence-corrected chi connectivity index (χ3v) is 3.72. The van der Waals surface area contributed by atoms with Crippen molar-refractivity contribution < 1.29 is 18.7 Å². The first kappa shape index (κ1) is 18.1. The third kappa shape index (κ3) is 3.97. The number of carbonyl (C=O) groups is 1. The number of aromatic nitrogens is 2. The first-order chi connectivity index (χ1) is 11.0. The standard InChI is InChI=1S/C17H21F2N3O2/c1-16(2,3)14-8-13(21-22-14)15(23)20-9-17(4,24)11-6-5-10(18)7-12(11)19/h5-8,24H,9H2,1-4H3,(H,20,23)(H,21,22). The lowest BCUT2D eigenvalue weighted by Crippen LogP contribution is -2.39. The Bertz CT molecular complexity index is 749. The Morgan fingerprint density at radius 2 is 1.92 bits per heavy atom. The highest BCUT2D eigenvalue weighted by atomic mass is 19.1. The molecule has 2 rings (SSSR count). The van der Waals surface area contributed by atoms with Crippen molar-refractivity contribution in [2.24, 2.45) is 0 Å². The predicted molar refractivity (Wildman–Crippen MR) is 85.5 cm³/mol. The molecule has 1 aromatic carbocycles. The van der Waals surface area contributed by atoms with Crippen molar-refractivity contribution >= 4 is 5.91 Å². The average molecular weight is 337 g/mol. The topological polar surface area (TPSA) is 78.0 Å². The molecule has 0 radical (unpaired) electrons. The molecule has 0 saturated heterocycles. The van der Waals surface area contributed by atoms with Gasteiger partial charge in [-0.1, -0.05) is 26.8 Å². The summed E-state index contributed by atoms with van der Waals surface area (Å²) in [5, 5.41) is 19.6. The zero-order chi connectivity index (χ0) is 18.1. The highest BCUT2D eigenvalue weighted by Gasteiger charge is 2.28. The summed E-state index contributed by atoms with van der Waals surface area (Å²) in [4.78, 5) is 12.1. The Morgan fingerprint density at radius 3 is 2.46 bits per heavy atom. The van der Waals surface area contributed by atoms with Crippen LogP contribution in [0.5, 0.6) is 0 Å². The first-order valence-electron chi connectivity index (χ1n) is 7.53. The Kier molecular flexibility index (Phi) is 4.75. The molecular weight excluding hydrogens is 316 g/mol. The van der Waals surface area contributed by atoms with Gasteiger partial charge in [-0.2, -0.15) is 5.10 Å². The molecule has 0 bridgehead atoms. The summed E-state index contributed by atoms with van der Waals surface area (Å²) in [7, 11) is 0. The molecule has 24 heavy (non-hydrogen) atoms. The number of benzene rings is 1. The normalized spacial score (nSPS) is 14.3. The second-order valence-electron chi connectivity index (χ2n) is 7.00. The quantitative estimate of drug-likeness (QED) is 0.802. The number of amides is 1. The highest BCUT2D eigenvalue weighted by molar-refractivity contribution is 5.92. The number of carbonyl (C=O) groups excluding carboxylic acids is 1. The molecule has 1 aromatic heterocycles. The van der Waals surface area contributed by atoms with Gasteiger partial charge in [-0.15, -0.1) is 0 Å². The van der Waals surface area contributed by atoms with Gasteiger partial charge >= 0.3 is 0 Å². The van der Waals surface area contributed by atoms with Gasteiger partial charge in [-0.05, 0) is 19.1 Å². The van der Waals surface area contributed by atoms with Crippen LogP contribution < -0.4 is 5.32 Å². The summed E-state index contributed by atoms with van der Waals surface area (Å²) >= 11 is 0. The number of nitrogens with one attached hydrogen (secondary N) is 2. The summed E-state index contributed by atoms with van der Waals surface area (Å²) in [5.74, 6) is -2.10. The van der Waals surface area contributed by atoms with Crippen molar-refractivity contribution in [3.63, 3.8) is 0 Å². The summed E-state index contributed by atoms with van der Waals surface area (Å²) in [6, 6.07) is 4.53. The Balaban J connectivity index is 2.08. The van der Waals surface area contributed by atoms with E-state index in [4.69, 9.17) is 0 Å². The Labute approximate surface area is 139 Å². The van der Waals surface area contributed by atoms with Crippen molar-refractivity contribution in [1.29, 1.82) is 0 Å². The summed E-state index contributed by atoms with van der Waals surface area (Å²) in [6.45, 7) is 7.03. The van der Waals surface area contributed by atoms with Crippen LogP contribution in [0.1, 0.15) is 49.4 Å². The molecule has 0 saturated carbocycles. The van der Waals surface area contributed by atoms with E-state index in [0.29, 0.717) is 6.07 Å². The van der Waals surface area contributed by atoms with Crippen molar-refractivity contribution in [2.75, 3.05) is 6.54 Å². The number of nitrogens with zero attached hydrogens (tertiary/aromatic N) is 1. The molecule has 1 atom stereocenters. The van der Waals surface area contributed by atoms with Gasteiger partial charge in [-0.3, -0.25) is 9.89 Å². The van der Waals surface area contributed by atoms with Crippen LogP contribution in [0.15, 0.2) is 24.3 Å². The van der Waals surface area contributed by atoms with Crippen LogP contribution in [0.3, 0.4) is 0 Å². The number of rotatable bonds is 4. The Morgan fingerprint density at radius 1 is 1.25 bits per heavy atom. The highest BCUT2D eigenvalue weighted by Crippen LogP contribution is 2.24. The Hall–Kier alpha value is -2.28. The van der Waals surface area contributed by atoms with Gasteiger partial charge in [-0.25, -0.2) is 8.78 Å². The molecule has 7 heteroatoms. The smallest absolute Gasteiger partial charge is 0.271 e. The summed E-state index contributed by atoms with van der Waals surface area (Å²) in [6.07, 6.45) is 0. The molecule has 0 aliphatic rings. The van der Waals surface area contributed by atoms with Gasteiger partial charge in [0, 0.05) is 22.7 Å². The zero-order valence-corrected chi connectivity index (χ0v) is 14.1. The minimum atomic E-state index is -1.68. The third-order valence-electron chi connectivity index (χ3n) is 3.72. The van der Waals surface area contributed by atoms with E-state index in [9.17, 15) is 18.7 Å². The van der Waals surface area contributed by atoms with Crippen LogP contribution in [0.4, 0.5) is 8.78 Å². The van der Waals surface area contributed by atoms with E-state index in [1.54, 1.807) is 6.07 Å². The van der Waals surface area contributed by atoms with Gasteiger partial charge in [0.05, 0.1) is 6.54 Å². The van der Waals surface area contributed by atoms with E-state index < -0.39 is 23.1 Å². The van der Waals surface area contributed by atoms with E-state index in [1.165, 1.54) is 6.92 Å². The molecule has 0 aliphatic heterocycles. The molecule has 0 fully saturated rings. The number of H-pyrrole nitrogens is 1. The molecule has 0 spiro atoms. The van der Waals surface area contributed by atoms with Crippen LogP contribution in [-0.4, -0.2) is 27.8 Å². The minimum absolute atomic E-state index is 0.0957. The van der Waals surface area contributed by atoms with E-state index >= 15 is 0 Å². The van der Waals surface area contributed by atoms with Crippen LogP contribution in [-0.2, 0) is 11.0 Å². The van der Waals surface area contributed by atoms with Crippen LogP contribution in [0.25, 0.3) is 0 Å². The number of aromatic amines is 1. The lowest BCUT2D eigenvalue weighted by atomic mass is 9.92. The number of hydrogen-bond acceptors (Lipinski definition) is 3. The monoisotopic (exact) mass is 337 g/mol. The summed E-state index contributed by atoms with van der Waals surface area (Å²) in [5.41, 5.74) is -0.994. The average Bonchev–Trinajstić information content (AvgIpc) is 2.94. The fraction of sp³-hybridized carbons (Fsp3) is 0.412. The van der Waals surface area contributed by atoms with Gasteiger partial charge in [0.1, 0.15) is 22.9 Å². The van der Waals surface area contributed by atoms with E-state index in [2.05, 4.69) is 15.5 Å². The first-order valence-corrected chi connectivity index (χ1v) is 7.53. The number of hydrogen-bond donors (Lipinski definition) is 3. The largest absolute Gasteiger partial charge is 0.383 e. The van der Waals surface area contributed by atoms with Crippen molar-refractivity contribution in [3.8, 4) is 0 Å².